The Kier molecular flexibility index (Phi) is 8.74. The minimum atomic E-state index is -4.31. The van der Waals surface area contributed by atoms with Gasteiger partial charge in [-0.05, 0) is 61.6 Å². The van der Waals surface area contributed by atoms with E-state index in [9.17, 15) is 23.1 Å². The van der Waals surface area contributed by atoms with E-state index in [1.807, 2.05) is 23.7 Å². The highest BCUT2D eigenvalue weighted by atomic mass is 32.1. The molecular formula is C25H30F3N3O3S. The summed E-state index contributed by atoms with van der Waals surface area (Å²) in [5.41, 5.74) is 9.25. The number of rotatable bonds is 5. The first-order valence-electron chi connectivity index (χ1n) is 11.4. The summed E-state index contributed by atoms with van der Waals surface area (Å²) in [6, 6.07) is 12.5. The fourth-order valence-electron chi connectivity index (χ4n) is 4.09. The number of benzene rings is 2. The third-order valence-electron chi connectivity index (χ3n) is 6.21. The summed E-state index contributed by atoms with van der Waals surface area (Å²) in [7, 11) is 0. The number of likely N-dealkylation sites (tertiary alicyclic amines) is 1. The van der Waals surface area contributed by atoms with Crippen LogP contribution < -0.4 is 5.73 Å². The van der Waals surface area contributed by atoms with E-state index in [2.05, 4.69) is 4.98 Å². The second-order valence-corrected chi connectivity index (χ2v) is 9.76. The Labute approximate surface area is 206 Å². The zero-order valence-electron chi connectivity index (χ0n) is 19.5. The maximum Gasteiger partial charge on any atom is 0.391 e. The molecule has 1 amide bonds. The van der Waals surface area contributed by atoms with Gasteiger partial charge in [-0.1, -0.05) is 19.1 Å². The number of hydrogen-bond acceptors (Lipinski definition) is 6. The summed E-state index contributed by atoms with van der Waals surface area (Å²) in [4.78, 5) is 18.1. The van der Waals surface area contributed by atoms with Gasteiger partial charge in [0.2, 0.25) is 0 Å². The van der Waals surface area contributed by atoms with Crippen LogP contribution in [0.2, 0.25) is 0 Å². The van der Waals surface area contributed by atoms with Crippen molar-refractivity contribution in [2.45, 2.75) is 44.4 Å². The maximum atomic E-state index is 12.6. The van der Waals surface area contributed by atoms with E-state index < -0.39 is 17.7 Å². The lowest BCUT2D eigenvalue weighted by Gasteiger charge is -2.39. The van der Waals surface area contributed by atoms with Gasteiger partial charge < -0.3 is 20.8 Å². The number of alkyl halides is 3. The molecule has 0 spiro atoms. The Morgan fingerprint density at radius 1 is 1.20 bits per heavy atom. The van der Waals surface area contributed by atoms with Gasteiger partial charge >= 0.3 is 6.18 Å². The highest BCUT2D eigenvalue weighted by Gasteiger charge is 2.43. The van der Waals surface area contributed by atoms with Gasteiger partial charge in [-0.3, -0.25) is 4.79 Å². The molecule has 1 unspecified atom stereocenters. The standard InChI is InChI=1S/C16H21F3N2O2.C9H9NOS/c1-11(16(17,18)19)10-15(23)6-8-21(9-7-15)14(22)12-2-4-13(20)5-3-12;11-5-4-7-2-1-3-8-9(7)10-6-12-8/h2-5,11,23H,6-10,20H2,1H3;1-3,6,11H,4-5H2. The van der Waals surface area contributed by atoms with Gasteiger partial charge in [0.15, 0.2) is 0 Å². The number of halogens is 3. The van der Waals surface area contributed by atoms with Gasteiger partial charge in [-0.15, -0.1) is 11.3 Å². The SMILES string of the molecule is CC(CC1(O)CCN(C(=O)c2ccc(N)cc2)CC1)C(F)(F)F.OCCc1cccc2scnc12. The van der Waals surface area contributed by atoms with E-state index in [4.69, 9.17) is 10.8 Å². The van der Waals surface area contributed by atoms with Crippen molar-refractivity contribution in [2.75, 3.05) is 25.4 Å². The highest BCUT2D eigenvalue weighted by molar-refractivity contribution is 7.16. The molecule has 1 aliphatic rings. The molecule has 0 radical (unpaired) electrons. The minimum absolute atomic E-state index is 0.147. The van der Waals surface area contributed by atoms with E-state index in [0.717, 1.165) is 18.0 Å². The van der Waals surface area contributed by atoms with Crippen LogP contribution in [0, 0.1) is 5.92 Å². The number of anilines is 1. The number of carbonyl (C=O) groups is 1. The summed E-state index contributed by atoms with van der Waals surface area (Å²) >= 11 is 1.63. The molecule has 4 N–H and O–H groups in total. The molecule has 3 aromatic rings. The molecule has 2 heterocycles. The van der Waals surface area contributed by atoms with E-state index in [1.165, 1.54) is 4.70 Å². The molecule has 1 aromatic heterocycles. The Bertz CT molecular complexity index is 1110. The average molecular weight is 510 g/mol. The zero-order valence-corrected chi connectivity index (χ0v) is 20.3. The van der Waals surface area contributed by atoms with E-state index in [1.54, 1.807) is 40.5 Å². The van der Waals surface area contributed by atoms with Gasteiger partial charge in [0.1, 0.15) is 0 Å². The number of thiazole rings is 1. The molecule has 0 saturated carbocycles. The molecule has 1 atom stereocenters. The first-order chi connectivity index (χ1) is 16.5. The molecule has 2 aromatic carbocycles. The molecule has 0 aliphatic carbocycles. The van der Waals surface area contributed by atoms with Crippen LogP contribution in [0.4, 0.5) is 18.9 Å². The number of aromatic nitrogens is 1. The average Bonchev–Trinajstić information content (AvgIpc) is 3.29. The zero-order chi connectivity index (χ0) is 25.6. The van der Waals surface area contributed by atoms with Crippen LogP contribution in [0.1, 0.15) is 42.1 Å². The van der Waals surface area contributed by atoms with Crippen LogP contribution >= 0.6 is 11.3 Å². The predicted octanol–water partition coefficient (Wildman–Crippen LogP) is 4.66. The lowest BCUT2D eigenvalue weighted by Crippen LogP contribution is -2.48. The summed E-state index contributed by atoms with van der Waals surface area (Å²) in [6.07, 6.45) is -3.66. The third kappa shape index (κ3) is 7.16. The molecule has 10 heteroatoms. The number of aliphatic hydroxyl groups is 2. The number of nitrogen functional groups attached to an aromatic ring is 1. The molecule has 6 nitrogen and oxygen atoms in total. The molecule has 1 aliphatic heterocycles. The molecule has 1 fully saturated rings. The van der Waals surface area contributed by atoms with Crippen molar-refractivity contribution >= 4 is 33.1 Å². The summed E-state index contributed by atoms with van der Waals surface area (Å²) < 4.78 is 39.1. The Balaban J connectivity index is 0.000000237. The van der Waals surface area contributed by atoms with E-state index in [-0.39, 0.29) is 44.9 Å². The molecule has 35 heavy (non-hydrogen) atoms. The molecule has 4 rings (SSSR count). The second kappa shape index (κ2) is 11.4. The van der Waals surface area contributed by atoms with Crippen LogP contribution in [0.15, 0.2) is 48.0 Å². The van der Waals surface area contributed by atoms with E-state index >= 15 is 0 Å². The Hall–Kier alpha value is -2.69. The lowest BCUT2D eigenvalue weighted by molar-refractivity contribution is -0.187. The number of carbonyl (C=O) groups excluding carboxylic acids is 1. The van der Waals surface area contributed by atoms with E-state index in [0.29, 0.717) is 17.7 Å². The van der Waals surface area contributed by atoms with Crippen molar-refractivity contribution in [3.63, 3.8) is 0 Å². The fourth-order valence-corrected chi connectivity index (χ4v) is 4.82. The lowest BCUT2D eigenvalue weighted by atomic mass is 9.83. The van der Waals surface area contributed by atoms with Gasteiger partial charge in [0, 0.05) is 30.9 Å². The number of para-hydroxylation sites is 1. The Morgan fingerprint density at radius 3 is 2.46 bits per heavy atom. The summed E-state index contributed by atoms with van der Waals surface area (Å²) in [5.74, 6) is -1.76. The van der Waals surface area contributed by atoms with Crippen LogP contribution in [0.3, 0.4) is 0 Å². The van der Waals surface area contributed by atoms with Crippen molar-refractivity contribution in [3.05, 3.63) is 59.1 Å². The van der Waals surface area contributed by atoms with Gasteiger partial charge in [-0.25, -0.2) is 4.98 Å². The topological polar surface area (TPSA) is 99.7 Å². The largest absolute Gasteiger partial charge is 0.399 e. The van der Waals surface area contributed by atoms with Crippen LogP contribution in [-0.2, 0) is 6.42 Å². The van der Waals surface area contributed by atoms with Crippen molar-refractivity contribution in [2.24, 2.45) is 5.92 Å². The number of piperidine rings is 1. The second-order valence-electron chi connectivity index (χ2n) is 8.88. The molecule has 0 bridgehead atoms. The van der Waals surface area contributed by atoms with Crippen molar-refractivity contribution < 1.29 is 28.2 Å². The number of amides is 1. The highest BCUT2D eigenvalue weighted by Crippen LogP contribution is 2.36. The van der Waals surface area contributed by atoms with Crippen LogP contribution in [0.5, 0.6) is 0 Å². The van der Waals surface area contributed by atoms with Gasteiger partial charge in [-0.2, -0.15) is 13.2 Å². The summed E-state index contributed by atoms with van der Waals surface area (Å²) in [5, 5.41) is 19.1. The number of aliphatic hydroxyl groups excluding tert-OH is 1. The Morgan fingerprint density at radius 2 is 1.86 bits per heavy atom. The summed E-state index contributed by atoms with van der Waals surface area (Å²) in [6.45, 7) is 1.75. The van der Waals surface area contributed by atoms with Crippen molar-refractivity contribution in [1.82, 2.24) is 9.88 Å². The van der Waals surface area contributed by atoms with Crippen molar-refractivity contribution in [1.29, 1.82) is 0 Å². The van der Waals surface area contributed by atoms with Gasteiger partial charge in [0.05, 0.1) is 27.2 Å². The third-order valence-corrected chi connectivity index (χ3v) is 7.00. The molecular weight excluding hydrogens is 479 g/mol. The first-order valence-corrected chi connectivity index (χ1v) is 12.3. The number of nitrogens with zero attached hydrogens (tertiary/aromatic N) is 2. The van der Waals surface area contributed by atoms with Crippen molar-refractivity contribution in [3.8, 4) is 0 Å². The monoisotopic (exact) mass is 509 g/mol. The predicted molar refractivity (Wildman–Crippen MR) is 131 cm³/mol. The van der Waals surface area contributed by atoms with Crippen LogP contribution in [0.25, 0.3) is 10.2 Å². The fraction of sp³-hybridized carbons (Fsp3) is 0.440. The normalized spacial score (nSPS) is 16.5. The minimum Gasteiger partial charge on any atom is -0.399 e. The molecule has 1 saturated heterocycles. The molecule has 190 valence electrons. The van der Waals surface area contributed by atoms with Crippen LogP contribution in [-0.4, -0.2) is 57.5 Å². The number of fused-ring (bicyclic) bond motifs is 1. The number of hydrogen-bond donors (Lipinski definition) is 3. The maximum absolute atomic E-state index is 12.6. The first kappa shape index (κ1) is 26.9. The smallest absolute Gasteiger partial charge is 0.391 e. The quantitative estimate of drug-likeness (QED) is 0.435. The number of nitrogens with two attached hydrogens (primary N) is 1. The van der Waals surface area contributed by atoms with Gasteiger partial charge in [0.25, 0.3) is 5.91 Å².